The van der Waals surface area contributed by atoms with Gasteiger partial charge in [-0.15, -0.1) is 0 Å². The molecule has 0 radical (unpaired) electrons. The predicted molar refractivity (Wildman–Crippen MR) is 47.6 cm³/mol. The molecule has 0 bridgehead atoms. The third-order valence-electron chi connectivity index (χ3n) is 1.64. The third-order valence-corrected chi connectivity index (χ3v) is 2.42. The van der Waals surface area contributed by atoms with Crippen LogP contribution in [0, 0.1) is 5.82 Å². The molecule has 1 amide bonds. The summed E-state index contributed by atoms with van der Waals surface area (Å²) in [5.74, 6) is -2.37. The van der Waals surface area contributed by atoms with Gasteiger partial charge in [-0.3, -0.25) is 4.79 Å². The second-order valence-corrected chi connectivity index (χ2v) is 3.44. The Morgan fingerprint density at radius 1 is 1.33 bits per heavy atom. The minimum absolute atomic E-state index is 0.700. The van der Waals surface area contributed by atoms with Gasteiger partial charge in [0.15, 0.2) is 0 Å². The van der Waals surface area contributed by atoms with Crippen LogP contribution in [0.4, 0.5) is 17.6 Å². The van der Waals surface area contributed by atoms with E-state index in [0.29, 0.717) is 6.07 Å². The fraction of sp³-hybridized carbons (Fsp3) is 0.125. The van der Waals surface area contributed by atoms with Crippen molar-refractivity contribution in [1.82, 2.24) is 0 Å². The van der Waals surface area contributed by atoms with Gasteiger partial charge in [0.25, 0.3) is 0 Å². The van der Waals surface area contributed by atoms with Crippen molar-refractivity contribution in [2.75, 3.05) is 0 Å². The van der Waals surface area contributed by atoms with Crippen molar-refractivity contribution in [2.24, 2.45) is 5.73 Å². The number of carbonyl (C=O) groups is 1. The Morgan fingerprint density at radius 3 is 2.27 bits per heavy atom. The lowest BCUT2D eigenvalue weighted by molar-refractivity contribution is -0.138. The summed E-state index contributed by atoms with van der Waals surface area (Å²) in [6, 6.07) is 1.44. The van der Waals surface area contributed by atoms with E-state index in [1.54, 1.807) is 0 Å². The van der Waals surface area contributed by atoms with Crippen LogP contribution in [0.3, 0.4) is 0 Å². The predicted octanol–water partition coefficient (Wildman–Crippen LogP) is 2.71. The number of benzene rings is 1. The van der Waals surface area contributed by atoms with Gasteiger partial charge in [-0.25, -0.2) is 4.39 Å². The van der Waals surface area contributed by atoms with Crippen LogP contribution in [0.2, 0.25) is 0 Å². The second-order valence-electron chi connectivity index (χ2n) is 2.65. The molecule has 1 aromatic rings. The lowest BCUT2D eigenvalue weighted by atomic mass is 10.1. The van der Waals surface area contributed by atoms with E-state index in [0.717, 1.165) is 6.07 Å². The van der Waals surface area contributed by atoms with E-state index in [1.165, 1.54) is 0 Å². The fourth-order valence-corrected chi connectivity index (χ4v) is 1.60. The van der Waals surface area contributed by atoms with Crippen molar-refractivity contribution in [3.05, 3.63) is 33.5 Å². The normalized spacial score (nSPS) is 11.5. The molecule has 7 heteroatoms. The van der Waals surface area contributed by atoms with Gasteiger partial charge in [0, 0.05) is 0 Å². The monoisotopic (exact) mass is 285 g/mol. The first-order valence-corrected chi connectivity index (χ1v) is 4.39. The highest BCUT2D eigenvalue weighted by molar-refractivity contribution is 9.10. The van der Waals surface area contributed by atoms with E-state index < -0.39 is 33.5 Å². The van der Waals surface area contributed by atoms with Gasteiger partial charge in [0.2, 0.25) is 5.91 Å². The van der Waals surface area contributed by atoms with E-state index >= 15 is 0 Å². The molecule has 0 unspecified atom stereocenters. The van der Waals surface area contributed by atoms with Crippen LogP contribution in [0.25, 0.3) is 0 Å². The Hall–Kier alpha value is -1.11. The van der Waals surface area contributed by atoms with Crippen LogP contribution in [0.1, 0.15) is 15.9 Å². The molecule has 82 valence electrons. The summed E-state index contributed by atoms with van der Waals surface area (Å²) in [5, 5.41) is 0. The zero-order valence-electron chi connectivity index (χ0n) is 7.03. The minimum Gasteiger partial charge on any atom is -0.366 e. The highest BCUT2D eigenvalue weighted by Crippen LogP contribution is 2.38. The zero-order valence-corrected chi connectivity index (χ0v) is 8.62. The Labute approximate surface area is 90.2 Å². The summed E-state index contributed by atoms with van der Waals surface area (Å²) in [6.07, 6.45) is -4.84. The fourth-order valence-electron chi connectivity index (χ4n) is 1.03. The van der Waals surface area contributed by atoms with Crippen molar-refractivity contribution in [3.8, 4) is 0 Å². The van der Waals surface area contributed by atoms with E-state index in [-0.39, 0.29) is 0 Å². The summed E-state index contributed by atoms with van der Waals surface area (Å²) in [4.78, 5) is 10.7. The Morgan fingerprint density at radius 2 is 1.87 bits per heavy atom. The molecule has 1 aromatic carbocycles. The highest BCUT2D eigenvalue weighted by Gasteiger charge is 2.38. The number of primary amides is 1. The van der Waals surface area contributed by atoms with Crippen LogP contribution in [0.5, 0.6) is 0 Å². The van der Waals surface area contributed by atoms with Gasteiger partial charge in [0.05, 0.1) is 15.6 Å². The van der Waals surface area contributed by atoms with Crippen LogP contribution >= 0.6 is 15.9 Å². The molecule has 0 spiro atoms. The van der Waals surface area contributed by atoms with Crippen LogP contribution in [-0.2, 0) is 6.18 Å². The smallest absolute Gasteiger partial charge is 0.366 e. The van der Waals surface area contributed by atoms with Crippen molar-refractivity contribution >= 4 is 21.8 Å². The number of rotatable bonds is 1. The largest absolute Gasteiger partial charge is 0.418 e. The Bertz CT molecular complexity index is 416. The van der Waals surface area contributed by atoms with E-state index in [2.05, 4.69) is 15.9 Å². The SMILES string of the molecule is NC(=O)c1ccc(F)c(Br)c1C(F)(F)F. The summed E-state index contributed by atoms with van der Waals surface area (Å²) in [7, 11) is 0. The zero-order chi connectivity index (χ0) is 11.8. The number of hydrogen-bond acceptors (Lipinski definition) is 1. The van der Waals surface area contributed by atoms with Crippen molar-refractivity contribution < 1.29 is 22.4 Å². The molecular weight excluding hydrogens is 282 g/mol. The van der Waals surface area contributed by atoms with Crippen LogP contribution < -0.4 is 5.73 Å². The van der Waals surface area contributed by atoms with Crippen molar-refractivity contribution in [2.45, 2.75) is 6.18 Å². The maximum atomic E-state index is 12.9. The Kier molecular flexibility index (Phi) is 3.03. The van der Waals surface area contributed by atoms with Gasteiger partial charge in [-0.2, -0.15) is 13.2 Å². The number of halogens is 5. The molecule has 0 saturated carbocycles. The summed E-state index contributed by atoms with van der Waals surface area (Å²) >= 11 is 2.43. The average Bonchev–Trinajstić information content (AvgIpc) is 2.06. The second kappa shape index (κ2) is 3.80. The van der Waals surface area contributed by atoms with E-state index in [1.807, 2.05) is 0 Å². The van der Waals surface area contributed by atoms with Gasteiger partial charge < -0.3 is 5.73 Å². The van der Waals surface area contributed by atoms with E-state index in [9.17, 15) is 22.4 Å². The molecule has 1 rings (SSSR count). The van der Waals surface area contributed by atoms with Crippen molar-refractivity contribution in [1.29, 1.82) is 0 Å². The average molecular weight is 286 g/mol. The minimum atomic E-state index is -4.84. The summed E-state index contributed by atoms with van der Waals surface area (Å²) in [6.45, 7) is 0. The molecule has 2 N–H and O–H groups in total. The number of alkyl halides is 3. The molecule has 0 heterocycles. The molecule has 0 aromatic heterocycles. The molecule has 0 aliphatic carbocycles. The van der Waals surface area contributed by atoms with Gasteiger partial charge in [-0.05, 0) is 28.1 Å². The van der Waals surface area contributed by atoms with Gasteiger partial charge >= 0.3 is 6.18 Å². The number of nitrogens with two attached hydrogens (primary N) is 1. The van der Waals surface area contributed by atoms with Gasteiger partial charge in [0.1, 0.15) is 5.82 Å². The summed E-state index contributed by atoms with van der Waals surface area (Å²) < 4.78 is 49.4. The maximum absolute atomic E-state index is 12.9. The van der Waals surface area contributed by atoms with Crippen LogP contribution in [-0.4, -0.2) is 5.91 Å². The van der Waals surface area contributed by atoms with Crippen molar-refractivity contribution in [3.63, 3.8) is 0 Å². The molecular formula is C8H4BrF4NO. The number of carbonyl (C=O) groups excluding carboxylic acids is 1. The molecule has 0 saturated heterocycles. The van der Waals surface area contributed by atoms with Gasteiger partial charge in [-0.1, -0.05) is 0 Å². The number of hydrogen-bond donors (Lipinski definition) is 1. The number of amides is 1. The first kappa shape index (κ1) is 12.0. The quantitative estimate of drug-likeness (QED) is 0.792. The molecule has 2 nitrogen and oxygen atoms in total. The molecule has 0 aliphatic rings. The maximum Gasteiger partial charge on any atom is 0.418 e. The lowest BCUT2D eigenvalue weighted by Gasteiger charge is -2.12. The highest BCUT2D eigenvalue weighted by atomic mass is 79.9. The summed E-state index contributed by atoms with van der Waals surface area (Å²) in [5.41, 5.74) is 2.59. The molecule has 15 heavy (non-hydrogen) atoms. The Balaban J connectivity index is 3.57. The first-order valence-electron chi connectivity index (χ1n) is 3.60. The molecule has 0 aliphatic heterocycles. The standard InChI is InChI=1S/C8H4BrF4NO/c9-6-4(10)2-1-3(7(14)15)5(6)8(11,12)13/h1-2H,(H2,14,15). The van der Waals surface area contributed by atoms with E-state index in [4.69, 9.17) is 5.73 Å². The topological polar surface area (TPSA) is 43.1 Å². The third kappa shape index (κ3) is 2.28. The molecule has 0 atom stereocenters. The first-order chi connectivity index (χ1) is 6.75. The lowest BCUT2D eigenvalue weighted by Crippen LogP contribution is -2.19. The van der Waals surface area contributed by atoms with Crippen LogP contribution in [0.15, 0.2) is 16.6 Å². The molecule has 0 fully saturated rings.